The summed E-state index contributed by atoms with van der Waals surface area (Å²) in [5, 5.41) is 0. The molecule has 0 aliphatic heterocycles. The highest BCUT2D eigenvalue weighted by molar-refractivity contribution is 7.91. The first-order valence-corrected chi connectivity index (χ1v) is 9.43. The fraction of sp³-hybridized carbons (Fsp3) is 0.500. The molecule has 1 aromatic rings. The number of nitrogens with one attached hydrogen (secondary N) is 1. The summed E-state index contributed by atoms with van der Waals surface area (Å²) >= 11 is 0. The molecule has 0 aliphatic carbocycles. The van der Waals surface area contributed by atoms with Gasteiger partial charge in [-0.3, -0.25) is 0 Å². The lowest BCUT2D eigenvalue weighted by atomic mass is 10.1. The standard InChI is InChI=1S/C12H18FNO4S2/c1-8-5-11(13)6-9(2)12(8)20(17,18)14-10(3)7-19(4,15)16/h5-6,10,14H,7H2,1-4H3. The summed E-state index contributed by atoms with van der Waals surface area (Å²) in [7, 11) is -7.18. The summed E-state index contributed by atoms with van der Waals surface area (Å²) in [6.07, 6.45) is 1.03. The van der Waals surface area contributed by atoms with Gasteiger partial charge in [-0.1, -0.05) is 0 Å². The van der Waals surface area contributed by atoms with Gasteiger partial charge in [0.2, 0.25) is 10.0 Å². The molecule has 0 saturated carbocycles. The monoisotopic (exact) mass is 323 g/mol. The Bertz CT molecular complexity index is 688. The first-order chi connectivity index (χ1) is 8.92. The van der Waals surface area contributed by atoms with E-state index in [1.807, 2.05) is 0 Å². The molecule has 0 spiro atoms. The molecule has 1 unspecified atom stereocenters. The van der Waals surface area contributed by atoms with Gasteiger partial charge in [-0.05, 0) is 44.0 Å². The van der Waals surface area contributed by atoms with Crippen LogP contribution in [0.1, 0.15) is 18.1 Å². The van der Waals surface area contributed by atoms with Crippen LogP contribution in [0.15, 0.2) is 17.0 Å². The van der Waals surface area contributed by atoms with Gasteiger partial charge in [-0.2, -0.15) is 0 Å². The molecule has 5 nitrogen and oxygen atoms in total. The number of hydrogen-bond acceptors (Lipinski definition) is 4. The molecule has 0 heterocycles. The van der Waals surface area contributed by atoms with Gasteiger partial charge in [0, 0.05) is 12.3 Å². The molecule has 1 rings (SSSR count). The molecule has 0 fully saturated rings. The molecule has 1 atom stereocenters. The van der Waals surface area contributed by atoms with Crippen molar-refractivity contribution in [3.8, 4) is 0 Å². The third-order valence-electron chi connectivity index (χ3n) is 2.60. The number of halogens is 1. The maximum atomic E-state index is 13.2. The quantitative estimate of drug-likeness (QED) is 0.881. The van der Waals surface area contributed by atoms with Crippen LogP contribution in [0.4, 0.5) is 4.39 Å². The number of aryl methyl sites for hydroxylation is 2. The molecular formula is C12H18FNO4S2. The molecule has 0 amide bonds. The Morgan fingerprint density at radius 1 is 1.15 bits per heavy atom. The third-order valence-corrected chi connectivity index (χ3v) is 5.60. The zero-order valence-corrected chi connectivity index (χ0v) is 13.4. The van der Waals surface area contributed by atoms with Gasteiger partial charge in [0.1, 0.15) is 15.7 Å². The molecule has 20 heavy (non-hydrogen) atoms. The summed E-state index contributed by atoms with van der Waals surface area (Å²) < 4.78 is 62.3. The van der Waals surface area contributed by atoms with Crippen molar-refractivity contribution in [3.05, 3.63) is 29.1 Å². The van der Waals surface area contributed by atoms with Crippen molar-refractivity contribution in [2.45, 2.75) is 31.7 Å². The normalized spacial score (nSPS) is 14.2. The van der Waals surface area contributed by atoms with E-state index in [1.165, 1.54) is 20.8 Å². The van der Waals surface area contributed by atoms with Gasteiger partial charge in [-0.25, -0.2) is 25.9 Å². The lowest BCUT2D eigenvalue weighted by Crippen LogP contribution is -2.37. The summed E-state index contributed by atoms with van der Waals surface area (Å²) in [4.78, 5) is -0.0146. The first-order valence-electron chi connectivity index (χ1n) is 5.89. The number of rotatable bonds is 5. The zero-order chi connectivity index (χ0) is 15.7. The van der Waals surface area contributed by atoms with E-state index in [-0.39, 0.29) is 21.8 Å². The Hall–Kier alpha value is -0.990. The third kappa shape index (κ3) is 4.53. The highest BCUT2D eigenvalue weighted by atomic mass is 32.2. The van der Waals surface area contributed by atoms with E-state index in [9.17, 15) is 21.2 Å². The summed E-state index contributed by atoms with van der Waals surface area (Å²) in [6, 6.07) is 1.49. The fourth-order valence-corrected chi connectivity index (χ4v) is 4.93. The largest absolute Gasteiger partial charge is 0.241 e. The van der Waals surface area contributed by atoms with Crippen molar-refractivity contribution in [3.63, 3.8) is 0 Å². The van der Waals surface area contributed by atoms with Gasteiger partial charge >= 0.3 is 0 Å². The van der Waals surface area contributed by atoms with Crippen LogP contribution in [0.3, 0.4) is 0 Å². The fourth-order valence-electron chi connectivity index (χ4n) is 2.13. The molecule has 0 saturated heterocycles. The smallest absolute Gasteiger partial charge is 0.229 e. The number of sulfone groups is 1. The predicted molar refractivity (Wildman–Crippen MR) is 75.4 cm³/mol. The highest BCUT2D eigenvalue weighted by Gasteiger charge is 2.23. The van der Waals surface area contributed by atoms with E-state index >= 15 is 0 Å². The van der Waals surface area contributed by atoms with Crippen LogP contribution in [0.5, 0.6) is 0 Å². The maximum Gasteiger partial charge on any atom is 0.241 e. The van der Waals surface area contributed by atoms with Gasteiger partial charge in [0.05, 0.1) is 10.6 Å². The summed E-state index contributed by atoms with van der Waals surface area (Å²) in [5.74, 6) is -0.811. The minimum atomic E-state index is -3.89. The second-order valence-electron chi connectivity index (χ2n) is 4.98. The van der Waals surface area contributed by atoms with Crippen LogP contribution in [0.2, 0.25) is 0 Å². The molecule has 0 aromatic heterocycles. The Balaban J connectivity index is 3.13. The SMILES string of the molecule is Cc1cc(F)cc(C)c1S(=O)(=O)NC(C)CS(C)(=O)=O. The predicted octanol–water partition coefficient (Wildman–Crippen LogP) is 1.15. The molecule has 0 bridgehead atoms. The Labute approximate surface area is 119 Å². The molecular weight excluding hydrogens is 305 g/mol. The van der Waals surface area contributed by atoms with E-state index in [1.54, 1.807) is 0 Å². The molecule has 8 heteroatoms. The van der Waals surface area contributed by atoms with Crippen molar-refractivity contribution in [1.82, 2.24) is 4.72 Å². The van der Waals surface area contributed by atoms with E-state index in [2.05, 4.69) is 4.72 Å². The number of sulfonamides is 1. The van der Waals surface area contributed by atoms with Gasteiger partial charge in [-0.15, -0.1) is 0 Å². The van der Waals surface area contributed by atoms with Crippen molar-refractivity contribution >= 4 is 19.9 Å². The Morgan fingerprint density at radius 3 is 2.00 bits per heavy atom. The van der Waals surface area contributed by atoms with Gasteiger partial charge in [0.15, 0.2) is 0 Å². The maximum absolute atomic E-state index is 13.2. The van der Waals surface area contributed by atoms with Crippen LogP contribution >= 0.6 is 0 Å². The topological polar surface area (TPSA) is 80.3 Å². The van der Waals surface area contributed by atoms with E-state index < -0.39 is 31.7 Å². The lowest BCUT2D eigenvalue weighted by Gasteiger charge is -2.16. The second-order valence-corrected chi connectivity index (χ2v) is 8.82. The van der Waals surface area contributed by atoms with Crippen molar-refractivity contribution < 1.29 is 21.2 Å². The summed E-state index contributed by atoms with van der Waals surface area (Å²) in [6.45, 7) is 4.45. The minimum Gasteiger partial charge on any atom is -0.229 e. The molecule has 0 aliphatic rings. The highest BCUT2D eigenvalue weighted by Crippen LogP contribution is 2.21. The lowest BCUT2D eigenvalue weighted by molar-refractivity contribution is 0.562. The van der Waals surface area contributed by atoms with Crippen LogP contribution < -0.4 is 4.72 Å². The molecule has 1 N–H and O–H groups in total. The average molecular weight is 323 g/mol. The number of benzene rings is 1. The van der Waals surface area contributed by atoms with Crippen molar-refractivity contribution in [1.29, 1.82) is 0 Å². The molecule has 1 aromatic carbocycles. The average Bonchev–Trinajstić information content (AvgIpc) is 2.08. The first kappa shape index (κ1) is 17.1. The Morgan fingerprint density at radius 2 is 1.60 bits per heavy atom. The van der Waals surface area contributed by atoms with E-state index in [0.717, 1.165) is 18.4 Å². The number of hydrogen-bond donors (Lipinski definition) is 1. The Kier molecular flexibility index (Phi) is 4.94. The van der Waals surface area contributed by atoms with Crippen molar-refractivity contribution in [2.24, 2.45) is 0 Å². The second kappa shape index (κ2) is 5.79. The van der Waals surface area contributed by atoms with Crippen LogP contribution in [0.25, 0.3) is 0 Å². The van der Waals surface area contributed by atoms with Crippen LogP contribution in [-0.2, 0) is 19.9 Å². The summed E-state index contributed by atoms with van der Waals surface area (Å²) in [5.41, 5.74) is 0.558. The van der Waals surface area contributed by atoms with Gasteiger partial charge < -0.3 is 0 Å². The molecule has 0 radical (unpaired) electrons. The molecule has 114 valence electrons. The van der Waals surface area contributed by atoms with E-state index in [4.69, 9.17) is 0 Å². The van der Waals surface area contributed by atoms with Gasteiger partial charge in [0.25, 0.3) is 0 Å². The van der Waals surface area contributed by atoms with Crippen LogP contribution in [-0.4, -0.2) is 34.9 Å². The zero-order valence-electron chi connectivity index (χ0n) is 11.8. The van der Waals surface area contributed by atoms with Crippen molar-refractivity contribution in [2.75, 3.05) is 12.0 Å². The minimum absolute atomic E-state index is 0.0146. The van der Waals surface area contributed by atoms with E-state index in [0.29, 0.717) is 0 Å². The van der Waals surface area contributed by atoms with Crippen LogP contribution in [0, 0.1) is 19.7 Å².